The summed E-state index contributed by atoms with van der Waals surface area (Å²) < 4.78 is 7.34. The van der Waals surface area contributed by atoms with Gasteiger partial charge in [-0.25, -0.2) is 4.79 Å². The second-order valence-corrected chi connectivity index (χ2v) is 16.7. The molecule has 2 aliphatic heterocycles. The molecule has 0 saturated heterocycles. The Morgan fingerprint density at radius 1 is 0.946 bits per heavy atom. The lowest BCUT2D eigenvalue weighted by atomic mass is 9.81. The maximum Gasteiger partial charge on any atom is 0.328 e. The van der Waals surface area contributed by atoms with Crippen LogP contribution in [0, 0.1) is 11.5 Å². The van der Waals surface area contributed by atoms with Gasteiger partial charge in [0.25, 0.3) is 5.91 Å². The topological polar surface area (TPSA) is 63.6 Å². The summed E-state index contributed by atoms with van der Waals surface area (Å²) >= 11 is 0. The van der Waals surface area contributed by atoms with Gasteiger partial charge in [-0.3, -0.25) is 9.36 Å². The van der Waals surface area contributed by atoms with Gasteiger partial charge >= 0.3 is 6.03 Å². The minimum atomic E-state index is -2.03. The van der Waals surface area contributed by atoms with Crippen molar-refractivity contribution >= 4 is 36.6 Å². The van der Waals surface area contributed by atoms with Gasteiger partial charge in [0.15, 0.2) is 5.54 Å². The van der Waals surface area contributed by atoms with Crippen LogP contribution in [0.25, 0.3) is 10.9 Å². The highest BCUT2D eigenvalue weighted by atomic mass is 28.3. The second-order valence-electron chi connectivity index (χ2n) is 11.2. The number of rotatable bonds is 4. The molecule has 1 N–H and O–H groups in total. The summed E-state index contributed by atoms with van der Waals surface area (Å²) in [5, 5.41) is 3.89. The van der Waals surface area contributed by atoms with Crippen molar-refractivity contribution in [2.45, 2.75) is 63.7 Å². The maximum atomic E-state index is 13.9. The first-order valence-electron chi connectivity index (χ1n) is 13.0. The number of likely N-dealkylation sites (N-methyl/N-ethyl adjacent to an activating group) is 1. The lowest BCUT2D eigenvalue weighted by Gasteiger charge is -2.38. The van der Waals surface area contributed by atoms with Gasteiger partial charge in [-0.1, -0.05) is 65.7 Å². The molecule has 3 aromatic rings. The van der Waals surface area contributed by atoms with E-state index in [4.69, 9.17) is 4.74 Å². The second kappa shape index (κ2) is 8.52. The summed E-state index contributed by atoms with van der Waals surface area (Å²) in [6.45, 7) is 13.6. The van der Waals surface area contributed by atoms with Crippen LogP contribution in [-0.2, 0) is 10.3 Å². The van der Waals surface area contributed by atoms with E-state index in [1.165, 1.54) is 0 Å². The third-order valence-corrected chi connectivity index (χ3v) is 14.9. The molecule has 1 atom stereocenters. The predicted octanol–water partition coefficient (Wildman–Crippen LogP) is 6.01. The smallest absolute Gasteiger partial charge is 0.328 e. The van der Waals surface area contributed by atoms with E-state index >= 15 is 0 Å². The van der Waals surface area contributed by atoms with Crippen molar-refractivity contribution in [2.75, 3.05) is 19.1 Å². The van der Waals surface area contributed by atoms with Gasteiger partial charge in [-0.05, 0) is 40.9 Å². The lowest BCUT2D eigenvalue weighted by molar-refractivity contribution is -0.122. The van der Waals surface area contributed by atoms with E-state index in [1.807, 2.05) is 42.5 Å². The molecule has 0 bridgehead atoms. The number of nitrogens with one attached hydrogen (secondary N) is 1. The van der Waals surface area contributed by atoms with E-state index in [-0.39, 0.29) is 11.9 Å². The van der Waals surface area contributed by atoms with E-state index in [2.05, 4.69) is 58.3 Å². The molecule has 7 heteroatoms. The normalized spacial score (nSPS) is 18.6. The SMILES string of the molecule is COc1ccc2c3c1cc(C#C[Si](C(C)C)(C(C)C)C(C)C)n3C(=O)NC21C(=O)N(C)c2ccccc21. The van der Waals surface area contributed by atoms with Crippen molar-refractivity contribution in [1.82, 2.24) is 9.88 Å². The Bertz CT molecular complexity index is 1490. The first-order valence-corrected chi connectivity index (χ1v) is 15.2. The molecule has 2 aromatic carbocycles. The molecule has 0 radical (unpaired) electrons. The average Bonchev–Trinajstić information content (AvgIpc) is 3.33. The molecule has 1 unspecified atom stereocenters. The largest absolute Gasteiger partial charge is 0.496 e. The number of amides is 2. The van der Waals surface area contributed by atoms with Crippen molar-refractivity contribution in [3.05, 3.63) is 59.3 Å². The Hall–Kier alpha value is -3.50. The number of fused-ring (bicyclic) bond motifs is 3. The van der Waals surface area contributed by atoms with Crippen LogP contribution >= 0.6 is 0 Å². The Labute approximate surface area is 220 Å². The van der Waals surface area contributed by atoms with Crippen LogP contribution in [0.3, 0.4) is 0 Å². The first-order chi connectivity index (χ1) is 17.5. The van der Waals surface area contributed by atoms with Crippen LogP contribution in [0.2, 0.25) is 16.6 Å². The molecule has 5 rings (SSSR count). The van der Waals surface area contributed by atoms with Crippen LogP contribution in [0.5, 0.6) is 5.75 Å². The number of aromatic nitrogens is 1. The summed E-state index contributed by atoms with van der Waals surface area (Å²) in [5.41, 5.74) is 7.46. The standard InChI is InChI=1S/C30H35N3O3Si/c1-18(2)37(19(3)4,20(5)6)16-15-21-17-22-26(36-8)14-13-24-27(22)33(21)29(35)31-30(24)23-11-9-10-12-25(23)32(7)28(30)34/h9-14,17-20H,1-8H3,(H,31,35). The minimum absolute atomic E-state index is 0.181. The van der Waals surface area contributed by atoms with Gasteiger partial charge < -0.3 is 15.0 Å². The summed E-state index contributed by atoms with van der Waals surface area (Å²) in [5.74, 6) is 3.93. The van der Waals surface area contributed by atoms with E-state index < -0.39 is 13.6 Å². The number of ether oxygens (including phenoxy) is 1. The van der Waals surface area contributed by atoms with Crippen molar-refractivity contribution in [3.8, 4) is 17.2 Å². The van der Waals surface area contributed by atoms with Crippen molar-refractivity contribution in [3.63, 3.8) is 0 Å². The molecule has 0 aliphatic carbocycles. The number of hydrogen-bond donors (Lipinski definition) is 1. The number of anilines is 1. The number of nitrogens with zero attached hydrogens (tertiary/aromatic N) is 2. The maximum absolute atomic E-state index is 13.9. The lowest BCUT2D eigenvalue weighted by Crippen LogP contribution is -2.57. The summed E-state index contributed by atoms with van der Waals surface area (Å²) in [7, 11) is 1.34. The molecule has 0 saturated carbocycles. The highest BCUT2D eigenvalue weighted by molar-refractivity contribution is 6.90. The van der Waals surface area contributed by atoms with Gasteiger partial charge in [0.1, 0.15) is 19.5 Å². The molecular formula is C30H35N3O3Si. The number of carbonyl (C=O) groups is 2. The Kier molecular flexibility index (Phi) is 5.80. The number of carbonyl (C=O) groups excluding carboxylic acids is 2. The summed E-state index contributed by atoms with van der Waals surface area (Å²) in [4.78, 5) is 29.3. The van der Waals surface area contributed by atoms with Gasteiger partial charge in [0, 0.05) is 29.2 Å². The fourth-order valence-corrected chi connectivity index (χ4v) is 12.1. The van der Waals surface area contributed by atoms with Crippen molar-refractivity contribution in [2.24, 2.45) is 0 Å². The zero-order chi connectivity index (χ0) is 26.9. The molecule has 2 amide bonds. The summed E-state index contributed by atoms with van der Waals surface area (Å²) in [6.07, 6.45) is 0. The average molecular weight is 514 g/mol. The van der Waals surface area contributed by atoms with Crippen LogP contribution in [-0.4, -0.2) is 38.7 Å². The third-order valence-electron chi connectivity index (χ3n) is 8.61. The van der Waals surface area contributed by atoms with Crippen molar-refractivity contribution < 1.29 is 14.3 Å². The third kappa shape index (κ3) is 3.18. The number of para-hydroxylation sites is 1. The van der Waals surface area contributed by atoms with E-state index in [1.54, 1.807) is 23.6 Å². The first kappa shape index (κ1) is 25.2. The Morgan fingerprint density at radius 2 is 1.59 bits per heavy atom. The molecule has 6 nitrogen and oxygen atoms in total. The Balaban J connectivity index is 1.83. The van der Waals surface area contributed by atoms with Crippen LogP contribution in [0.15, 0.2) is 42.5 Å². The molecule has 0 fully saturated rings. The van der Waals surface area contributed by atoms with Crippen LogP contribution in [0.1, 0.15) is 58.4 Å². The summed E-state index contributed by atoms with van der Waals surface area (Å²) in [6, 6.07) is 13.0. The quantitative estimate of drug-likeness (QED) is 0.343. The molecule has 3 heterocycles. The molecule has 2 aliphatic rings. The zero-order valence-electron chi connectivity index (χ0n) is 22.9. The molecule has 37 heavy (non-hydrogen) atoms. The highest BCUT2D eigenvalue weighted by Crippen LogP contribution is 2.49. The number of hydrogen-bond acceptors (Lipinski definition) is 3. The fraction of sp³-hybridized carbons (Fsp3) is 0.400. The molecule has 1 aromatic heterocycles. The molecular weight excluding hydrogens is 478 g/mol. The van der Waals surface area contributed by atoms with Gasteiger partial charge in [-0.15, -0.1) is 5.54 Å². The van der Waals surface area contributed by atoms with E-state index in [9.17, 15) is 9.59 Å². The monoisotopic (exact) mass is 513 g/mol. The van der Waals surface area contributed by atoms with E-state index in [0.29, 0.717) is 33.6 Å². The van der Waals surface area contributed by atoms with Crippen molar-refractivity contribution in [1.29, 1.82) is 0 Å². The molecule has 1 spiro atoms. The van der Waals surface area contributed by atoms with Crippen LogP contribution in [0.4, 0.5) is 10.5 Å². The predicted molar refractivity (Wildman–Crippen MR) is 151 cm³/mol. The molecule has 192 valence electrons. The van der Waals surface area contributed by atoms with Gasteiger partial charge in [0.05, 0.1) is 12.6 Å². The van der Waals surface area contributed by atoms with Crippen LogP contribution < -0.4 is 15.0 Å². The van der Waals surface area contributed by atoms with Gasteiger partial charge in [-0.2, -0.15) is 0 Å². The van der Waals surface area contributed by atoms with E-state index in [0.717, 1.165) is 22.2 Å². The number of methoxy groups -OCH3 is 1. The highest BCUT2D eigenvalue weighted by Gasteiger charge is 2.55. The number of benzene rings is 2. The Morgan fingerprint density at radius 3 is 2.22 bits per heavy atom. The van der Waals surface area contributed by atoms with Gasteiger partial charge in [0.2, 0.25) is 0 Å². The zero-order valence-corrected chi connectivity index (χ0v) is 23.9. The minimum Gasteiger partial charge on any atom is -0.496 e. The fourth-order valence-electron chi connectivity index (χ4n) is 6.90.